The van der Waals surface area contributed by atoms with Gasteiger partial charge in [0.15, 0.2) is 11.6 Å². The van der Waals surface area contributed by atoms with Gasteiger partial charge in [-0.25, -0.2) is 8.78 Å². The molecule has 4 nitrogen and oxygen atoms in total. The lowest BCUT2D eigenvalue weighted by Gasteiger charge is -2.18. The average Bonchev–Trinajstić information content (AvgIpc) is 2.53. The van der Waals surface area contributed by atoms with Crippen molar-refractivity contribution < 1.29 is 18.4 Å². The van der Waals surface area contributed by atoms with Crippen molar-refractivity contribution in [3.63, 3.8) is 0 Å². The van der Waals surface area contributed by atoms with Gasteiger partial charge in [-0.2, -0.15) is 0 Å². The number of nitrogens with two attached hydrogens (primary N) is 1. The summed E-state index contributed by atoms with van der Waals surface area (Å²) in [5, 5.41) is 2.57. The van der Waals surface area contributed by atoms with Crippen LogP contribution in [0.15, 0.2) is 36.4 Å². The maximum Gasteiger partial charge on any atom is 0.240 e. The van der Waals surface area contributed by atoms with Crippen LogP contribution in [-0.4, -0.2) is 17.9 Å². The molecule has 0 aliphatic rings. The molecule has 2 amide bonds. The maximum absolute atomic E-state index is 13.2. The van der Waals surface area contributed by atoms with Crippen LogP contribution in [0.5, 0.6) is 0 Å². The highest BCUT2D eigenvalue weighted by atomic mass is 19.2. The third kappa shape index (κ3) is 4.86. The van der Waals surface area contributed by atoms with E-state index in [-0.39, 0.29) is 12.8 Å². The maximum atomic E-state index is 13.2. The lowest BCUT2D eigenvalue weighted by molar-refractivity contribution is -0.127. The number of aryl methyl sites for hydroxylation is 2. The molecular weight excluding hydrogens is 326 g/mol. The van der Waals surface area contributed by atoms with Crippen molar-refractivity contribution in [2.45, 2.75) is 32.7 Å². The molecule has 0 aliphatic carbocycles. The quantitative estimate of drug-likeness (QED) is 0.843. The Balaban J connectivity index is 2.09. The number of primary amides is 1. The number of carbonyl (C=O) groups excluding carboxylic acids is 2. The number of hydrogen-bond donors (Lipinski definition) is 2. The molecule has 0 spiro atoms. The molecule has 2 rings (SSSR count). The van der Waals surface area contributed by atoms with Gasteiger partial charge in [0.2, 0.25) is 11.8 Å². The molecule has 6 heteroatoms. The number of carbonyl (C=O) groups is 2. The smallest absolute Gasteiger partial charge is 0.240 e. The Morgan fingerprint density at radius 1 is 1.08 bits per heavy atom. The number of amides is 2. The summed E-state index contributed by atoms with van der Waals surface area (Å²) in [6.07, 6.45) is 0.102. The first-order valence-corrected chi connectivity index (χ1v) is 7.85. The first-order chi connectivity index (χ1) is 11.8. The third-order valence-electron chi connectivity index (χ3n) is 4.08. The molecule has 0 fully saturated rings. The molecule has 0 aromatic heterocycles. The molecule has 0 unspecified atom stereocenters. The predicted octanol–water partition coefficient (Wildman–Crippen LogP) is 2.34. The van der Waals surface area contributed by atoms with Crippen molar-refractivity contribution in [1.82, 2.24) is 5.32 Å². The van der Waals surface area contributed by atoms with E-state index in [1.165, 1.54) is 6.07 Å². The summed E-state index contributed by atoms with van der Waals surface area (Å²) in [5.41, 5.74) is 8.66. The van der Waals surface area contributed by atoms with Crippen LogP contribution in [0.2, 0.25) is 0 Å². The van der Waals surface area contributed by atoms with Gasteiger partial charge in [0.25, 0.3) is 0 Å². The fourth-order valence-electron chi connectivity index (χ4n) is 2.68. The Kier molecular flexibility index (Phi) is 5.85. The van der Waals surface area contributed by atoms with E-state index in [9.17, 15) is 18.4 Å². The third-order valence-corrected chi connectivity index (χ3v) is 4.08. The summed E-state index contributed by atoms with van der Waals surface area (Å²) in [4.78, 5) is 23.9. The van der Waals surface area contributed by atoms with Crippen LogP contribution in [0.25, 0.3) is 0 Å². The molecular formula is C19H20F2N2O2. The molecule has 0 heterocycles. The lowest BCUT2D eigenvalue weighted by Crippen LogP contribution is -2.46. The summed E-state index contributed by atoms with van der Waals surface area (Å²) in [5.74, 6) is -3.14. The van der Waals surface area contributed by atoms with Gasteiger partial charge in [-0.3, -0.25) is 9.59 Å². The van der Waals surface area contributed by atoms with Crippen LogP contribution in [0.4, 0.5) is 8.78 Å². The molecule has 132 valence electrons. The van der Waals surface area contributed by atoms with E-state index in [4.69, 9.17) is 5.73 Å². The van der Waals surface area contributed by atoms with E-state index in [0.717, 1.165) is 28.8 Å². The molecule has 0 saturated heterocycles. The monoisotopic (exact) mass is 346 g/mol. The molecule has 0 aliphatic heterocycles. The fourth-order valence-corrected chi connectivity index (χ4v) is 2.68. The second-order valence-electron chi connectivity index (χ2n) is 6.02. The number of halogens is 2. The highest BCUT2D eigenvalue weighted by Gasteiger charge is 2.20. The van der Waals surface area contributed by atoms with Gasteiger partial charge in [-0.05, 0) is 48.2 Å². The number of nitrogens with one attached hydrogen (secondary N) is 1. The second kappa shape index (κ2) is 7.88. The van der Waals surface area contributed by atoms with Crippen LogP contribution >= 0.6 is 0 Å². The zero-order chi connectivity index (χ0) is 18.6. The van der Waals surface area contributed by atoms with Gasteiger partial charge in [-0.15, -0.1) is 0 Å². The van der Waals surface area contributed by atoms with Gasteiger partial charge in [0.05, 0.1) is 6.42 Å². The largest absolute Gasteiger partial charge is 0.368 e. The minimum Gasteiger partial charge on any atom is -0.368 e. The second-order valence-corrected chi connectivity index (χ2v) is 6.02. The lowest BCUT2D eigenvalue weighted by atomic mass is 9.96. The van der Waals surface area contributed by atoms with Crippen LogP contribution in [0.1, 0.15) is 22.3 Å². The van der Waals surface area contributed by atoms with Crippen LogP contribution in [0, 0.1) is 25.5 Å². The van der Waals surface area contributed by atoms with Crippen molar-refractivity contribution in [1.29, 1.82) is 0 Å². The van der Waals surface area contributed by atoms with Crippen LogP contribution in [0.3, 0.4) is 0 Å². The Hall–Kier alpha value is -2.76. The highest BCUT2D eigenvalue weighted by molar-refractivity contribution is 5.87. The van der Waals surface area contributed by atoms with Gasteiger partial charge < -0.3 is 11.1 Å². The van der Waals surface area contributed by atoms with Gasteiger partial charge in [0.1, 0.15) is 6.04 Å². The van der Waals surface area contributed by atoms with E-state index in [0.29, 0.717) is 5.56 Å². The SMILES string of the molecule is Cc1cccc(C)c1C[C@@H](NC(=O)Cc1ccc(F)c(F)c1)C(N)=O. The Morgan fingerprint density at radius 2 is 1.72 bits per heavy atom. The molecule has 2 aromatic carbocycles. The number of rotatable bonds is 6. The fraction of sp³-hybridized carbons (Fsp3) is 0.263. The molecule has 0 bridgehead atoms. The van der Waals surface area contributed by atoms with Crippen LogP contribution in [-0.2, 0) is 22.4 Å². The zero-order valence-electron chi connectivity index (χ0n) is 14.1. The summed E-state index contributed by atoms with van der Waals surface area (Å²) in [6, 6.07) is 8.11. The standard InChI is InChI=1S/C19H20F2N2O2/c1-11-4-3-5-12(2)14(11)10-17(19(22)25)23-18(24)9-13-6-7-15(20)16(21)8-13/h3-8,17H,9-10H2,1-2H3,(H2,22,25)(H,23,24)/t17-/m1/s1. The van der Waals surface area contributed by atoms with E-state index >= 15 is 0 Å². The van der Waals surface area contributed by atoms with Crippen molar-refractivity contribution in [3.8, 4) is 0 Å². The normalized spacial score (nSPS) is 11.8. The summed E-state index contributed by atoms with van der Waals surface area (Å²) in [7, 11) is 0. The van der Waals surface area contributed by atoms with E-state index in [1.807, 2.05) is 32.0 Å². The molecule has 25 heavy (non-hydrogen) atoms. The van der Waals surface area contributed by atoms with E-state index < -0.39 is 29.5 Å². The molecule has 0 saturated carbocycles. The van der Waals surface area contributed by atoms with Crippen molar-refractivity contribution in [2.75, 3.05) is 0 Å². The predicted molar refractivity (Wildman–Crippen MR) is 90.8 cm³/mol. The first-order valence-electron chi connectivity index (χ1n) is 7.85. The van der Waals surface area contributed by atoms with Crippen molar-refractivity contribution in [2.24, 2.45) is 5.73 Å². The zero-order valence-corrected chi connectivity index (χ0v) is 14.1. The Morgan fingerprint density at radius 3 is 2.28 bits per heavy atom. The first kappa shape index (κ1) is 18.6. The minimum atomic E-state index is -1.02. The van der Waals surface area contributed by atoms with E-state index in [2.05, 4.69) is 5.32 Å². The van der Waals surface area contributed by atoms with Crippen molar-refractivity contribution >= 4 is 11.8 Å². The Bertz CT molecular complexity index is 786. The Labute approximate surface area is 145 Å². The summed E-state index contributed by atoms with van der Waals surface area (Å²) >= 11 is 0. The van der Waals surface area contributed by atoms with Crippen molar-refractivity contribution in [3.05, 3.63) is 70.3 Å². The summed E-state index contributed by atoms with van der Waals surface area (Å²) < 4.78 is 26.1. The number of benzene rings is 2. The molecule has 3 N–H and O–H groups in total. The molecule has 1 atom stereocenters. The summed E-state index contributed by atoms with van der Waals surface area (Å²) in [6.45, 7) is 3.84. The van der Waals surface area contributed by atoms with Crippen LogP contribution < -0.4 is 11.1 Å². The average molecular weight is 346 g/mol. The van der Waals surface area contributed by atoms with Gasteiger partial charge >= 0.3 is 0 Å². The topological polar surface area (TPSA) is 72.2 Å². The minimum absolute atomic E-state index is 0.173. The van der Waals surface area contributed by atoms with Gasteiger partial charge in [-0.1, -0.05) is 24.3 Å². The highest BCUT2D eigenvalue weighted by Crippen LogP contribution is 2.16. The molecule has 2 aromatic rings. The van der Waals surface area contributed by atoms with E-state index in [1.54, 1.807) is 0 Å². The van der Waals surface area contributed by atoms with Gasteiger partial charge in [0, 0.05) is 6.42 Å². The number of hydrogen-bond acceptors (Lipinski definition) is 2. The molecule has 0 radical (unpaired) electrons.